The van der Waals surface area contributed by atoms with Crippen LogP contribution in [-0.2, 0) is 11.3 Å². The van der Waals surface area contributed by atoms with Gasteiger partial charge < -0.3 is 15.5 Å². The lowest BCUT2D eigenvalue weighted by Gasteiger charge is -2.38. The number of nitrogens with zero attached hydrogens (tertiary/aromatic N) is 1. The Morgan fingerprint density at radius 3 is 2.25 bits per heavy atom. The van der Waals surface area contributed by atoms with E-state index in [4.69, 9.17) is 0 Å². The van der Waals surface area contributed by atoms with Crippen molar-refractivity contribution in [3.8, 4) is 0 Å². The van der Waals surface area contributed by atoms with Gasteiger partial charge in [0.15, 0.2) is 0 Å². The van der Waals surface area contributed by atoms with Gasteiger partial charge in [0.1, 0.15) is 5.82 Å². The number of benzene rings is 2. The van der Waals surface area contributed by atoms with Crippen molar-refractivity contribution in [1.29, 1.82) is 0 Å². The van der Waals surface area contributed by atoms with Crippen LogP contribution in [0.15, 0.2) is 48.5 Å². The standard InChI is InChI=1S/C22H26FN3O2/c1-16-3-9-19(10-4-16)25-21(28)26-13-11-22(2,12-14-26)20(27)24-15-17-5-7-18(23)8-6-17/h3-10H,11-15H2,1-2H3,(H,24,27)(H,25,28). The van der Waals surface area contributed by atoms with Crippen LogP contribution < -0.4 is 10.6 Å². The first-order valence-corrected chi connectivity index (χ1v) is 9.51. The summed E-state index contributed by atoms with van der Waals surface area (Å²) in [5, 5.41) is 5.84. The summed E-state index contributed by atoms with van der Waals surface area (Å²) in [5.74, 6) is -0.325. The summed E-state index contributed by atoms with van der Waals surface area (Å²) in [6.45, 7) is 5.35. The van der Waals surface area contributed by atoms with Gasteiger partial charge >= 0.3 is 6.03 Å². The third-order valence-corrected chi connectivity index (χ3v) is 5.37. The van der Waals surface area contributed by atoms with Crippen LogP contribution >= 0.6 is 0 Å². The number of nitrogens with one attached hydrogen (secondary N) is 2. The van der Waals surface area contributed by atoms with Crippen LogP contribution in [0.5, 0.6) is 0 Å². The molecule has 0 aliphatic carbocycles. The molecule has 0 saturated carbocycles. The van der Waals surface area contributed by atoms with Gasteiger partial charge in [-0.25, -0.2) is 9.18 Å². The van der Waals surface area contributed by atoms with Crippen molar-refractivity contribution < 1.29 is 14.0 Å². The van der Waals surface area contributed by atoms with Crippen molar-refractivity contribution in [3.63, 3.8) is 0 Å². The molecule has 148 valence electrons. The molecule has 3 rings (SSSR count). The zero-order chi connectivity index (χ0) is 20.1. The van der Waals surface area contributed by atoms with Gasteiger partial charge in [-0.15, -0.1) is 0 Å². The zero-order valence-electron chi connectivity index (χ0n) is 16.3. The lowest BCUT2D eigenvalue weighted by atomic mass is 9.79. The highest BCUT2D eigenvalue weighted by Crippen LogP contribution is 2.31. The fourth-order valence-electron chi connectivity index (χ4n) is 3.27. The highest BCUT2D eigenvalue weighted by molar-refractivity contribution is 5.90. The molecule has 3 amide bonds. The second kappa shape index (κ2) is 8.42. The number of carbonyl (C=O) groups is 2. The SMILES string of the molecule is Cc1ccc(NC(=O)N2CCC(C)(C(=O)NCc3ccc(F)cc3)CC2)cc1. The molecule has 1 heterocycles. The maximum atomic E-state index is 13.0. The molecule has 0 radical (unpaired) electrons. The monoisotopic (exact) mass is 383 g/mol. The number of amides is 3. The van der Waals surface area contributed by atoms with Crippen LogP contribution in [0.4, 0.5) is 14.9 Å². The summed E-state index contributed by atoms with van der Waals surface area (Å²) in [7, 11) is 0. The van der Waals surface area contributed by atoms with Gasteiger partial charge in [-0.3, -0.25) is 4.79 Å². The average Bonchev–Trinajstić information content (AvgIpc) is 2.69. The summed E-state index contributed by atoms with van der Waals surface area (Å²) >= 11 is 0. The minimum Gasteiger partial charge on any atom is -0.352 e. The first kappa shape index (κ1) is 19.9. The van der Waals surface area contributed by atoms with E-state index in [0.29, 0.717) is 32.5 Å². The Morgan fingerprint density at radius 2 is 1.64 bits per heavy atom. The largest absolute Gasteiger partial charge is 0.352 e. The highest BCUT2D eigenvalue weighted by Gasteiger charge is 2.37. The number of anilines is 1. The molecule has 2 aromatic rings. The first-order chi connectivity index (χ1) is 13.4. The predicted molar refractivity (Wildman–Crippen MR) is 107 cm³/mol. The van der Waals surface area contributed by atoms with E-state index in [-0.39, 0.29) is 17.8 Å². The topological polar surface area (TPSA) is 61.4 Å². The molecular weight excluding hydrogens is 357 g/mol. The van der Waals surface area contributed by atoms with E-state index in [9.17, 15) is 14.0 Å². The number of carbonyl (C=O) groups excluding carboxylic acids is 2. The van der Waals surface area contributed by atoms with Crippen molar-refractivity contribution in [1.82, 2.24) is 10.2 Å². The minimum atomic E-state index is -0.513. The molecule has 0 aromatic heterocycles. The van der Waals surface area contributed by atoms with Gasteiger partial charge in [0.2, 0.25) is 5.91 Å². The summed E-state index contributed by atoms with van der Waals surface area (Å²) in [6, 6.07) is 13.6. The Labute approximate surface area is 164 Å². The molecule has 1 aliphatic rings. The van der Waals surface area contributed by atoms with Crippen LogP contribution in [0.1, 0.15) is 30.9 Å². The summed E-state index contributed by atoms with van der Waals surface area (Å²) < 4.78 is 13.0. The van der Waals surface area contributed by atoms with Crippen LogP contribution in [-0.4, -0.2) is 29.9 Å². The van der Waals surface area contributed by atoms with E-state index in [1.165, 1.54) is 12.1 Å². The normalized spacial score (nSPS) is 15.8. The number of halogens is 1. The van der Waals surface area contributed by atoms with E-state index < -0.39 is 5.41 Å². The third-order valence-electron chi connectivity index (χ3n) is 5.37. The smallest absolute Gasteiger partial charge is 0.321 e. The first-order valence-electron chi connectivity index (χ1n) is 9.51. The van der Waals surface area contributed by atoms with E-state index in [2.05, 4.69) is 10.6 Å². The zero-order valence-corrected chi connectivity index (χ0v) is 16.3. The number of rotatable bonds is 4. The minimum absolute atomic E-state index is 0.0320. The van der Waals surface area contributed by atoms with E-state index in [1.807, 2.05) is 38.1 Å². The second-order valence-electron chi connectivity index (χ2n) is 7.65. The predicted octanol–water partition coefficient (Wildman–Crippen LogP) is 4.08. The Bertz CT molecular complexity index is 826. The van der Waals surface area contributed by atoms with Crippen LogP contribution in [0.2, 0.25) is 0 Å². The molecule has 2 aromatic carbocycles. The van der Waals surface area contributed by atoms with Crippen LogP contribution in [0.25, 0.3) is 0 Å². The number of urea groups is 1. The molecule has 1 aliphatic heterocycles. The summed E-state index contributed by atoms with van der Waals surface area (Å²) in [5.41, 5.74) is 2.24. The third kappa shape index (κ3) is 4.88. The van der Waals surface area contributed by atoms with Gasteiger partial charge in [-0.1, -0.05) is 36.8 Å². The summed E-state index contributed by atoms with van der Waals surface area (Å²) in [4.78, 5) is 26.9. The lowest BCUT2D eigenvalue weighted by molar-refractivity contribution is -0.132. The van der Waals surface area contributed by atoms with Gasteiger partial charge in [-0.2, -0.15) is 0 Å². The fourth-order valence-corrected chi connectivity index (χ4v) is 3.27. The molecule has 1 saturated heterocycles. The molecule has 0 unspecified atom stereocenters. The summed E-state index contributed by atoms with van der Waals surface area (Å²) in [6.07, 6.45) is 1.20. The highest BCUT2D eigenvalue weighted by atomic mass is 19.1. The van der Waals surface area contributed by atoms with Crippen molar-refractivity contribution >= 4 is 17.6 Å². The lowest BCUT2D eigenvalue weighted by Crippen LogP contribution is -2.49. The van der Waals surface area contributed by atoms with Crippen molar-refractivity contribution in [2.24, 2.45) is 5.41 Å². The number of aryl methyl sites for hydroxylation is 1. The van der Waals surface area contributed by atoms with Crippen molar-refractivity contribution in [2.75, 3.05) is 18.4 Å². The van der Waals surface area contributed by atoms with Crippen LogP contribution in [0, 0.1) is 18.2 Å². The maximum absolute atomic E-state index is 13.0. The molecule has 1 fully saturated rings. The van der Waals surface area contributed by atoms with E-state index >= 15 is 0 Å². The Kier molecular flexibility index (Phi) is 5.97. The van der Waals surface area contributed by atoms with Gasteiger partial charge in [0, 0.05) is 30.7 Å². The van der Waals surface area contributed by atoms with E-state index in [0.717, 1.165) is 16.8 Å². The Balaban J connectivity index is 1.49. The Hall–Kier alpha value is -2.89. The quantitative estimate of drug-likeness (QED) is 0.836. The average molecular weight is 383 g/mol. The number of hydrogen-bond acceptors (Lipinski definition) is 2. The molecule has 0 spiro atoms. The molecule has 28 heavy (non-hydrogen) atoms. The van der Waals surface area contributed by atoms with E-state index in [1.54, 1.807) is 17.0 Å². The van der Waals surface area contributed by atoms with Gasteiger partial charge in [0.05, 0.1) is 0 Å². The maximum Gasteiger partial charge on any atom is 0.321 e. The van der Waals surface area contributed by atoms with Gasteiger partial charge in [0.25, 0.3) is 0 Å². The number of piperidine rings is 1. The molecule has 0 bridgehead atoms. The van der Waals surface area contributed by atoms with Crippen LogP contribution in [0.3, 0.4) is 0 Å². The van der Waals surface area contributed by atoms with Crippen molar-refractivity contribution in [3.05, 3.63) is 65.5 Å². The second-order valence-corrected chi connectivity index (χ2v) is 7.65. The van der Waals surface area contributed by atoms with Crippen molar-refractivity contribution in [2.45, 2.75) is 33.2 Å². The molecule has 6 heteroatoms. The fraction of sp³-hybridized carbons (Fsp3) is 0.364. The molecular formula is C22H26FN3O2. The molecule has 0 atom stereocenters. The number of hydrogen-bond donors (Lipinski definition) is 2. The molecule has 2 N–H and O–H groups in total. The number of likely N-dealkylation sites (tertiary alicyclic amines) is 1. The molecule has 5 nitrogen and oxygen atoms in total. The van der Waals surface area contributed by atoms with Gasteiger partial charge in [-0.05, 0) is 49.6 Å². The Morgan fingerprint density at radius 1 is 1.04 bits per heavy atom.